The third-order valence-electron chi connectivity index (χ3n) is 2.04. The Hall–Kier alpha value is 0.430. The molecule has 0 aromatic carbocycles. The number of halogens is 3. The summed E-state index contributed by atoms with van der Waals surface area (Å²) in [5, 5.41) is 3.02. The van der Waals surface area contributed by atoms with Gasteiger partial charge >= 0.3 is 0 Å². The second-order valence-electron chi connectivity index (χ2n) is 3.04. The predicted octanol–water partition coefficient (Wildman–Crippen LogP) is 1.09. The van der Waals surface area contributed by atoms with E-state index in [1.807, 2.05) is 19.0 Å². The molecular weight excluding hydrogens is 202 g/mol. The molecule has 0 amide bonds. The molecule has 0 aromatic heterocycles. The van der Waals surface area contributed by atoms with Crippen molar-refractivity contribution < 1.29 is 4.39 Å². The molecule has 1 rings (SSSR count). The summed E-state index contributed by atoms with van der Waals surface area (Å²) in [6, 6.07) is 0.126. The van der Waals surface area contributed by atoms with Crippen LogP contribution in [0.3, 0.4) is 0 Å². The fourth-order valence-corrected chi connectivity index (χ4v) is 1.39. The Kier molecular flexibility index (Phi) is 8.58. The number of nitrogens with one attached hydrogen (secondary N) is 1. The average molecular weight is 219 g/mol. The molecule has 1 saturated heterocycles. The van der Waals surface area contributed by atoms with Crippen LogP contribution in [0.5, 0.6) is 0 Å². The minimum Gasteiger partial charge on any atom is -0.314 e. The third kappa shape index (κ3) is 3.90. The van der Waals surface area contributed by atoms with Gasteiger partial charge in [0.05, 0.1) is 0 Å². The van der Waals surface area contributed by atoms with E-state index in [-0.39, 0.29) is 30.9 Å². The molecule has 2 nitrogen and oxygen atoms in total. The highest BCUT2D eigenvalue weighted by Crippen LogP contribution is 2.11. The third-order valence-corrected chi connectivity index (χ3v) is 2.04. The Balaban J connectivity index is 0. The summed E-state index contributed by atoms with van der Waals surface area (Å²) in [5.74, 6) is 0. The van der Waals surface area contributed by atoms with Crippen LogP contribution in [0.1, 0.15) is 6.42 Å². The van der Waals surface area contributed by atoms with Crippen molar-refractivity contribution in [3.05, 3.63) is 0 Å². The molecule has 76 valence electrons. The Bertz CT molecular complexity index is 114. The van der Waals surface area contributed by atoms with Crippen LogP contribution in [0, 0.1) is 0 Å². The van der Waals surface area contributed by atoms with Gasteiger partial charge in [0.15, 0.2) is 0 Å². The van der Waals surface area contributed by atoms with Gasteiger partial charge in [-0.15, -0.1) is 24.8 Å². The number of hydrogen-bond donors (Lipinski definition) is 1. The van der Waals surface area contributed by atoms with E-state index in [1.165, 1.54) is 0 Å². The van der Waals surface area contributed by atoms with E-state index >= 15 is 0 Å². The molecule has 1 aliphatic rings. The fourth-order valence-electron chi connectivity index (χ4n) is 1.39. The summed E-state index contributed by atoms with van der Waals surface area (Å²) < 4.78 is 13.0. The summed E-state index contributed by atoms with van der Waals surface area (Å²) in [6.07, 6.45) is 0.234. The zero-order valence-corrected chi connectivity index (χ0v) is 9.05. The molecule has 12 heavy (non-hydrogen) atoms. The van der Waals surface area contributed by atoms with E-state index in [2.05, 4.69) is 5.32 Å². The average Bonchev–Trinajstić information content (AvgIpc) is 1.88. The summed E-state index contributed by atoms with van der Waals surface area (Å²) in [5.41, 5.74) is 0. The summed E-state index contributed by atoms with van der Waals surface area (Å²) in [6.45, 7) is 1.46. The van der Waals surface area contributed by atoms with E-state index in [0.717, 1.165) is 13.0 Å². The van der Waals surface area contributed by atoms with Crippen LogP contribution in [-0.4, -0.2) is 44.3 Å². The maximum Gasteiger partial charge on any atom is 0.128 e. The monoisotopic (exact) mass is 218 g/mol. The van der Waals surface area contributed by atoms with Crippen molar-refractivity contribution in [3.8, 4) is 0 Å². The quantitative estimate of drug-likeness (QED) is 0.710. The number of rotatable bonds is 1. The highest BCUT2D eigenvalue weighted by Gasteiger charge is 2.25. The van der Waals surface area contributed by atoms with Crippen LogP contribution in [0.25, 0.3) is 0 Å². The lowest BCUT2D eigenvalue weighted by Crippen LogP contribution is -2.48. The second kappa shape index (κ2) is 6.89. The molecule has 1 heterocycles. The van der Waals surface area contributed by atoms with E-state index < -0.39 is 6.17 Å². The van der Waals surface area contributed by atoms with Crippen molar-refractivity contribution in [2.45, 2.75) is 18.6 Å². The van der Waals surface area contributed by atoms with Gasteiger partial charge in [-0.1, -0.05) is 0 Å². The molecule has 5 heteroatoms. The first kappa shape index (κ1) is 14.9. The second-order valence-corrected chi connectivity index (χ2v) is 3.04. The normalized spacial score (nSPS) is 29.0. The van der Waals surface area contributed by atoms with Crippen molar-refractivity contribution in [1.82, 2.24) is 10.2 Å². The van der Waals surface area contributed by atoms with Crippen LogP contribution in [-0.2, 0) is 0 Å². The van der Waals surface area contributed by atoms with E-state index in [1.54, 1.807) is 0 Å². The molecule has 1 N–H and O–H groups in total. The zero-order valence-electron chi connectivity index (χ0n) is 7.42. The molecule has 0 bridgehead atoms. The van der Waals surface area contributed by atoms with E-state index in [9.17, 15) is 4.39 Å². The zero-order chi connectivity index (χ0) is 7.56. The Morgan fingerprint density at radius 1 is 1.33 bits per heavy atom. The van der Waals surface area contributed by atoms with Crippen LogP contribution in [0.15, 0.2) is 0 Å². The number of alkyl halides is 1. The highest BCUT2D eigenvalue weighted by molar-refractivity contribution is 5.85. The standard InChI is InChI=1S/C7H15FN2.2ClH/c1-10(2)7-3-4-9-5-6(7)8;;/h6-7,9H,3-5H2,1-2H3;2*1H/t6-,7+;;/m1../s1. The number of hydrogen-bond acceptors (Lipinski definition) is 2. The molecule has 1 fully saturated rings. The Morgan fingerprint density at radius 3 is 2.25 bits per heavy atom. The molecule has 0 saturated carbocycles. The molecule has 0 spiro atoms. The number of nitrogens with zero attached hydrogens (tertiary/aromatic N) is 1. The SMILES string of the molecule is CN(C)[C@H]1CCNC[C@H]1F.Cl.Cl. The van der Waals surface area contributed by atoms with E-state index in [0.29, 0.717) is 6.54 Å². The molecule has 0 radical (unpaired) electrons. The van der Waals surface area contributed by atoms with Crippen LogP contribution in [0.4, 0.5) is 4.39 Å². The minimum absolute atomic E-state index is 0. The van der Waals surface area contributed by atoms with Crippen molar-refractivity contribution in [2.75, 3.05) is 27.2 Å². The van der Waals surface area contributed by atoms with Gasteiger partial charge in [-0.3, -0.25) is 0 Å². The van der Waals surface area contributed by atoms with Gasteiger partial charge in [0.1, 0.15) is 6.17 Å². The topological polar surface area (TPSA) is 15.3 Å². The molecule has 1 aliphatic heterocycles. The van der Waals surface area contributed by atoms with Crippen molar-refractivity contribution >= 4 is 24.8 Å². The maximum absolute atomic E-state index is 13.0. The van der Waals surface area contributed by atoms with Crippen LogP contribution < -0.4 is 5.32 Å². The molecular formula is C7H17Cl2FN2. The molecule has 0 aromatic rings. The predicted molar refractivity (Wildman–Crippen MR) is 54.4 cm³/mol. The van der Waals surface area contributed by atoms with Gasteiger partial charge < -0.3 is 10.2 Å². The fraction of sp³-hybridized carbons (Fsp3) is 1.00. The van der Waals surface area contributed by atoms with Gasteiger partial charge in [0.25, 0.3) is 0 Å². The Labute approximate surface area is 85.7 Å². The lowest BCUT2D eigenvalue weighted by atomic mass is 10.0. The van der Waals surface area contributed by atoms with Crippen molar-refractivity contribution in [2.24, 2.45) is 0 Å². The lowest BCUT2D eigenvalue weighted by molar-refractivity contribution is 0.125. The summed E-state index contributed by atoms with van der Waals surface area (Å²) >= 11 is 0. The first-order valence-corrected chi connectivity index (χ1v) is 3.73. The van der Waals surface area contributed by atoms with E-state index in [4.69, 9.17) is 0 Å². The summed E-state index contributed by atoms with van der Waals surface area (Å²) in [4.78, 5) is 1.96. The highest BCUT2D eigenvalue weighted by atomic mass is 35.5. The number of piperidine rings is 1. The lowest BCUT2D eigenvalue weighted by Gasteiger charge is -2.31. The van der Waals surface area contributed by atoms with Gasteiger partial charge in [-0.25, -0.2) is 4.39 Å². The van der Waals surface area contributed by atoms with Gasteiger partial charge in [0, 0.05) is 12.6 Å². The maximum atomic E-state index is 13.0. The smallest absolute Gasteiger partial charge is 0.128 e. The first-order valence-electron chi connectivity index (χ1n) is 3.73. The molecule has 2 atom stereocenters. The van der Waals surface area contributed by atoms with Crippen molar-refractivity contribution in [1.29, 1.82) is 0 Å². The van der Waals surface area contributed by atoms with Gasteiger partial charge in [-0.2, -0.15) is 0 Å². The minimum atomic E-state index is -0.691. The molecule has 0 aliphatic carbocycles. The molecule has 0 unspecified atom stereocenters. The Morgan fingerprint density at radius 2 is 1.92 bits per heavy atom. The van der Waals surface area contributed by atoms with Gasteiger partial charge in [0.2, 0.25) is 0 Å². The van der Waals surface area contributed by atoms with Crippen LogP contribution >= 0.6 is 24.8 Å². The van der Waals surface area contributed by atoms with Crippen molar-refractivity contribution in [3.63, 3.8) is 0 Å². The van der Waals surface area contributed by atoms with Crippen LogP contribution in [0.2, 0.25) is 0 Å². The summed E-state index contributed by atoms with van der Waals surface area (Å²) in [7, 11) is 3.87. The largest absolute Gasteiger partial charge is 0.314 e. The first-order chi connectivity index (χ1) is 4.72. The van der Waals surface area contributed by atoms with Gasteiger partial charge in [-0.05, 0) is 27.1 Å².